The van der Waals surface area contributed by atoms with Gasteiger partial charge in [0.15, 0.2) is 0 Å². The quantitative estimate of drug-likeness (QED) is 0.466. The van der Waals surface area contributed by atoms with Crippen molar-refractivity contribution in [2.75, 3.05) is 18.5 Å². The summed E-state index contributed by atoms with van der Waals surface area (Å²) < 4.78 is 10.0. The maximum Gasteiger partial charge on any atom is 0.345 e. The summed E-state index contributed by atoms with van der Waals surface area (Å²) in [5.74, 6) is -0.330. The highest BCUT2D eigenvalue weighted by atomic mass is 32.2. The number of hydrogen-bond acceptors (Lipinski definition) is 4. The summed E-state index contributed by atoms with van der Waals surface area (Å²) in [6.07, 6.45) is 3.95. The van der Waals surface area contributed by atoms with Crippen LogP contribution < -0.4 is 4.74 Å². The Balaban J connectivity index is 2.81. The van der Waals surface area contributed by atoms with Crippen LogP contribution in [0, 0.1) is 0 Å². The number of rotatable bonds is 4. The first kappa shape index (κ1) is 13.6. The van der Waals surface area contributed by atoms with E-state index in [2.05, 4.69) is 0 Å². The lowest BCUT2D eigenvalue weighted by Crippen LogP contribution is -2.14. The van der Waals surface area contributed by atoms with E-state index >= 15 is 0 Å². The fraction of sp³-hybridized carbons (Fsp3) is 0.333. The molecule has 4 nitrogen and oxygen atoms in total. The monoisotopic (exact) mass is 255 g/mol. The molecule has 0 fully saturated rings. The highest BCUT2D eigenvalue weighted by Gasteiger charge is 2.16. The molecule has 0 amide bonds. The number of carbonyl (C=O) groups is 2. The van der Waals surface area contributed by atoms with Gasteiger partial charge in [-0.15, -0.1) is 0 Å². The van der Waals surface area contributed by atoms with Crippen molar-refractivity contribution in [2.24, 2.45) is 0 Å². The highest BCUT2D eigenvalue weighted by Crippen LogP contribution is 2.19. The second-order valence-corrected chi connectivity index (χ2v) is 5.83. The van der Waals surface area contributed by atoms with Crippen molar-refractivity contribution in [3.8, 4) is 5.75 Å². The molecule has 0 radical (unpaired) electrons. The third-order valence-electron chi connectivity index (χ3n) is 1.79. The summed E-state index contributed by atoms with van der Waals surface area (Å²) in [7, 11) is 0.0219. The van der Waals surface area contributed by atoms with Crippen LogP contribution >= 0.6 is 0 Å². The molecule has 0 aliphatic heterocycles. The molecule has 0 saturated heterocycles. The normalized spacial score (nSPS) is 10.1. The molecule has 1 aromatic carbocycles. The third kappa shape index (κ3) is 4.48. The lowest BCUT2D eigenvalue weighted by atomic mass is 10.2. The van der Waals surface area contributed by atoms with Gasteiger partial charge in [-0.1, -0.05) is 12.1 Å². The fourth-order valence-corrected chi connectivity index (χ4v) is 1.47. The van der Waals surface area contributed by atoms with Gasteiger partial charge in [-0.25, -0.2) is 4.79 Å². The van der Waals surface area contributed by atoms with Gasteiger partial charge >= 0.3 is 11.9 Å². The molecule has 5 heteroatoms. The molecular weight excluding hydrogens is 240 g/mol. The Hall–Kier alpha value is -1.49. The number of carbonyl (C=O) groups excluding carboxylic acids is 2. The molecule has 1 aromatic rings. The molecule has 1 rings (SSSR count). The largest absolute Gasteiger partial charge is 0.426 e. The highest BCUT2D eigenvalue weighted by molar-refractivity contribution is 7.95. The number of esters is 2. The second-order valence-electron chi connectivity index (χ2n) is 3.63. The van der Waals surface area contributed by atoms with Crippen LogP contribution in [0.3, 0.4) is 0 Å². The molecule has 0 N–H and O–H groups in total. The predicted molar refractivity (Wildman–Crippen MR) is 67.2 cm³/mol. The average molecular weight is 255 g/mol. The molecule has 0 aliphatic rings. The Bertz CT molecular complexity index is 415. The molecule has 0 bridgehead atoms. The van der Waals surface area contributed by atoms with E-state index in [0.717, 1.165) is 0 Å². The first-order chi connectivity index (χ1) is 8.00. The van der Waals surface area contributed by atoms with E-state index in [1.54, 1.807) is 24.3 Å². The zero-order chi connectivity index (χ0) is 12.8. The van der Waals surface area contributed by atoms with Crippen molar-refractivity contribution >= 4 is 22.8 Å². The van der Waals surface area contributed by atoms with E-state index in [1.807, 2.05) is 12.5 Å². The van der Waals surface area contributed by atoms with E-state index in [1.165, 1.54) is 6.92 Å². The van der Waals surface area contributed by atoms with E-state index in [4.69, 9.17) is 9.47 Å². The molecule has 0 saturated carbocycles. The molecule has 0 heterocycles. The van der Waals surface area contributed by atoms with Gasteiger partial charge in [0, 0.05) is 17.8 Å². The Morgan fingerprint density at radius 1 is 1.24 bits per heavy atom. The van der Waals surface area contributed by atoms with Crippen molar-refractivity contribution in [2.45, 2.75) is 6.92 Å². The molecular formula is C12H15O4S+. The third-order valence-corrected chi connectivity index (χ3v) is 2.38. The lowest BCUT2D eigenvalue weighted by Gasteiger charge is -2.07. The van der Waals surface area contributed by atoms with Gasteiger partial charge in [0.1, 0.15) is 23.8 Å². The van der Waals surface area contributed by atoms with E-state index < -0.39 is 11.9 Å². The SMILES string of the molecule is CC(=O)Oc1ccccc1C(=O)OC[S+](C)C. The average Bonchev–Trinajstić information content (AvgIpc) is 2.25. The summed E-state index contributed by atoms with van der Waals surface area (Å²) in [5.41, 5.74) is 0.271. The number of para-hydroxylation sites is 1. The van der Waals surface area contributed by atoms with Gasteiger partial charge in [-0.3, -0.25) is 4.79 Å². The minimum Gasteiger partial charge on any atom is -0.426 e. The molecule has 0 aromatic heterocycles. The van der Waals surface area contributed by atoms with Crippen molar-refractivity contribution in [3.05, 3.63) is 29.8 Å². The summed E-state index contributed by atoms with van der Waals surface area (Å²) in [6, 6.07) is 6.53. The number of ether oxygens (including phenoxy) is 2. The maximum atomic E-state index is 11.7. The van der Waals surface area contributed by atoms with Crippen molar-refractivity contribution in [3.63, 3.8) is 0 Å². The first-order valence-corrected chi connectivity index (χ1v) is 7.20. The molecule has 0 atom stereocenters. The first-order valence-electron chi connectivity index (χ1n) is 4.99. The van der Waals surface area contributed by atoms with Crippen LogP contribution in [0.1, 0.15) is 17.3 Å². The second kappa shape index (κ2) is 6.30. The Morgan fingerprint density at radius 2 is 1.88 bits per heavy atom. The van der Waals surface area contributed by atoms with Crippen LogP contribution in [-0.2, 0) is 20.4 Å². The van der Waals surface area contributed by atoms with Crippen molar-refractivity contribution in [1.29, 1.82) is 0 Å². The summed E-state index contributed by atoms with van der Waals surface area (Å²) in [6.45, 7) is 1.29. The Kier molecular flexibility index (Phi) is 5.03. The molecule has 0 spiro atoms. The van der Waals surface area contributed by atoms with Crippen LogP contribution in [0.15, 0.2) is 24.3 Å². The van der Waals surface area contributed by atoms with Gasteiger partial charge in [-0.2, -0.15) is 0 Å². The number of hydrogen-bond donors (Lipinski definition) is 0. The molecule has 92 valence electrons. The van der Waals surface area contributed by atoms with E-state index in [0.29, 0.717) is 5.94 Å². The zero-order valence-electron chi connectivity index (χ0n) is 10.1. The Labute approximate surface area is 103 Å². The van der Waals surface area contributed by atoms with E-state index in [9.17, 15) is 9.59 Å². The van der Waals surface area contributed by atoms with Gasteiger partial charge in [0.25, 0.3) is 0 Å². The standard InChI is InChI=1S/C12H15O4S/c1-9(13)16-11-7-5-4-6-10(11)12(14)15-8-17(2)3/h4-7H,8H2,1-3H3/q+1. The van der Waals surface area contributed by atoms with Crippen LogP contribution in [0.5, 0.6) is 5.75 Å². The number of benzene rings is 1. The minimum absolute atomic E-state index is 0.0219. The topological polar surface area (TPSA) is 52.6 Å². The lowest BCUT2D eigenvalue weighted by molar-refractivity contribution is -0.131. The van der Waals surface area contributed by atoms with Crippen LogP contribution in [0.25, 0.3) is 0 Å². The van der Waals surface area contributed by atoms with Crippen LogP contribution in [-0.4, -0.2) is 30.4 Å². The van der Waals surface area contributed by atoms with Gasteiger partial charge in [0.05, 0.1) is 0 Å². The zero-order valence-corrected chi connectivity index (χ0v) is 10.9. The smallest absolute Gasteiger partial charge is 0.345 e. The van der Waals surface area contributed by atoms with Crippen molar-refractivity contribution < 1.29 is 19.1 Å². The van der Waals surface area contributed by atoms with E-state index in [-0.39, 0.29) is 22.2 Å². The maximum absolute atomic E-state index is 11.7. The van der Waals surface area contributed by atoms with Crippen LogP contribution in [0.2, 0.25) is 0 Å². The molecule has 0 unspecified atom stereocenters. The molecule has 17 heavy (non-hydrogen) atoms. The van der Waals surface area contributed by atoms with Crippen LogP contribution in [0.4, 0.5) is 0 Å². The predicted octanol–water partition coefficient (Wildman–Crippen LogP) is 1.60. The summed E-state index contributed by atoms with van der Waals surface area (Å²) in [5, 5.41) is 0. The Morgan fingerprint density at radius 3 is 2.47 bits per heavy atom. The molecule has 0 aliphatic carbocycles. The fourth-order valence-electron chi connectivity index (χ4n) is 1.13. The van der Waals surface area contributed by atoms with Crippen molar-refractivity contribution in [1.82, 2.24) is 0 Å². The summed E-state index contributed by atoms with van der Waals surface area (Å²) >= 11 is 0. The van der Waals surface area contributed by atoms with Gasteiger partial charge in [-0.05, 0) is 12.1 Å². The van der Waals surface area contributed by atoms with Gasteiger partial charge in [0.2, 0.25) is 5.94 Å². The summed E-state index contributed by atoms with van der Waals surface area (Å²) in [4.78, 5) is 22.6. The minimum atomic E-state index is -0.469. The van der Waals surface area contributed by atoms with Gasteiger partial charge < -0.3 is 9.47 Å².